The number of nitrogens with zero attached hydrogens (tertiary/aromatic N) is 3. The molecule has 0 fully saturated rings. The van der Waals surface area contributed by atoms with E-state index >= 15 is 0 Å². The van der Waals surface area contributed by atoms with Gasteiger partial charge in [0.05, 0.1) is 12.6 Å². The van der Waals surface area contributed by atoms with Crippen LogP contribution in [0.25, 0.3) is 16.4 Å². The van der Waals surface area contributed by atoms with Crippen LogP contribution in [0.5, 0.6) is 0 Å². The second-order valence-electron chi connectivity index (χ2n) is 3.65. The highest BCUT2D eigenvalue weighted by molar-refractivity contribution is 6.04. The van der Waals surface area contributed by atoms with Crippen LogP contribution in [0, 0.1) is 0 Å². The van der Waals surface area contributed by atoms with Gasteiger partial charge in [0.25, 0.3) is 0 Å². The predicted molar refractivity (Wildman–Crippen MR) is 62.5 cm³/mol. The molecule has 90 valence electrons. The molecule has 0 unspecified atom stereocenters. The van der Waals surface area contributed by atoms with Crippen LogP contribution in [0.1, 0.15) is 10.5 Å². The van der Waals surface area contributed by atoms with Crippen LogP contribution in [0.15, 0.2) is 29.1 Å². The molecule has 3 rings (SSSR count). The van der Waals surface area contributed by atoms with Crippen molar-refractivity contribution in [2.45, 2.75) is 0 Å². The molecule has 0 atom stereocenters. The quantitative estimate of drug-likeness (QED) is 0.624. The minimum absolute atomic E-state index is 0.0631. The van der Waals surface area contributed by atoms with E-state index in [1.54, 1.807) is 24.3 Å². The number of rotatable bonds is 1. The highest BCUT2D eigenvalue weighted by Crippen LogP contribution is 2.18. The number of para-hydroxylation sites is 1. The van der Waals surface area contributed by atoms with Crippen LogP contribution in [-0.2, 0) is 4.74 Å². The zero-order chi connectivity index (χ0) is 12.7. The normalized spacial score (nSPS) is 10.9. The molecule has 0 saturated heterocycles. The smallest absolute Gasteiger partial charge is 0.368 e. The minimum atomic E-state index is -0.607. The van der Waals surface area contributed by atoms with Crippen molar-refractivity contribution in [1.82, 2.24) is 19.8 Å². The fraction of sp³-hybridized carbons (Fsp3) is 0.0909. The van der Waals surface area contributed by atoms with Crippen LogP contribution in [0.2, 0.25) is 0 Å². The second kappa shape index (κ2) is 3.66. The number of esters is 1. The summed E-state index contributed by atoms with van der Waals surface area (Å²) in [5, 5.41) is 6.91. The number of hydrogen-bond acceptors (Lipinski definition) is 5. The molecule has 0 amide bonds. The van der Waals surface area contributed by atoms with Crippen molar-refractivity contribution in [3.8, 4) is 0 Å². The standard InChI is InChI=1S/C11H8N4O3/c1-18-10(16)8-9-6-4-2-3-5-7(6)12-11(17)15(9)14-13-8/h2-5,14H,1H3. The summed E-state index contributed by atoms with van der Waals surface area (Å²) in [6, 6.07) is 7.02. The second-order valence-corrected chi connectivity index (χ2v) is 3.65. The largest absolute Gasteiger partial charge is 0.464 e. The van der Waals surface area contributed by atoms with Gasteiger partial charge < -0.3 is 4.74 Å². The number of benzene rings is 1. The van der Waals surface area contributed by atoms with Crippen molar-refractivity contribution < 1.29 is 9.53 Å². The number of fused-ring (bicyclic) bond motifs is 3. The van der Waals surface area contributed by atoms with Gasteiger partial charge in [0.15, 0.2) is 5.69 Å². The van der Waals surface area contributed by atoms with Gasteiger partial charge in [0.2, 0.25) is 0 Å². The first-order chi connectivity index (χ1) is 8.72. The lowest BCUT2D eigenvalue weighted by molar-refractivity contribution is 0.0596. The monoisotopic (exact) mass is 244 g/mol. The van der Waals surface area contributed by atoms with E-state index in [0.717, 1.165) is 4.52 Å². The zero-order valence-corrected chi connectivity index (χ0v) is 9.38. The average Bonchev–Trinajstić information content (AvgIpc) is 2.83. The molecule has 0 aliphatic rings. The third-order valence-electron chi connectivity index (χ3n) is 2.66. The molecule has 7 heteroatoms. The molecule has 1 N–H and O–H groups in total. The Morgan fingerprint density at radius 3 is 2.94 bits per heavy atom. The lowest BCUT2D eigenvalue weighted by Gasteiger charge is -1.99. The highest BCUT2D eigenvalue weighted by atomic mass is 16.5. The molecule has 0 aliphatic carbocycles. The molecule has 0 spiro atoms. The van der Waals surface area contributed by atoms with E-state index in [4.69, 9.17) is 0 Å². The van der Waals surface area contributed by atoms with Gasteiger partial charge in [0, 0.05) is 5.39 Å². The van der Waals surface area contributed by atoms with Gasteiger partial charge in [-0.25, -0.2) is 14.8 Å². The number of nitrogens with one attached hydrogen (secondary N) is 1. The van der Waals surface area contributed by atoms with E-state index in [0.29, 0.717) is 16.4 Å². The van der Waals surface area contributed by atoms with E-state index < -0.39 is 11.7 Å². The number of hydrogen-bond donors (Lipinski definition) is 1. The van der Waals surface area contributed by atoms with Crippen LogP contribution in [-0.4, -0.2) is 32.9 Å². The molecule has 0 radical (unpaired) electrons. The molecular weight excluding hydrogens is 236 g/mol. The Morgan fingerprint density at radius 1 is 1.39 bits per heavy atom. The van der Waals surface area contributed by atoms with Gasteiger partial charge in [-0.05, 0) is 6.07 Å². The first-order valence-electron chi connectivity index (χ1n) is 5.16. The number of carbonyl (C=O) groups excluding carboxylic acids is 1. The Labute approximate surface area is 100.0 Å². The number of H-pyrrole nitrogens is 1. The average molecular weight is 244 g/mol. The molecule has 2 heterocycles. The SMILES string of the molecule is COC(=O)c1n[nH]n2c(=O)nc3ccccc3c12. The van der Waals surface area contributed by atoms with Crippen molar-refractivity contribution >= 4 is 22.4 Å². The summed E-state index contributed by atoms with van der Waals surface area (Å²) in [6.07, 6.45) is 0. The van der Waals surface area contributed by atoms with Crippen LogP contribution < -0.4 is 5.69 Å². The molecule has 0 aliphatic heterocycles. The number of carbonyl (C=O) groups is 1. The summed E-state index contributed by atoms with van der Waals surface area (Å²) in [5.41, 5.74) is 0.422. The lowest BCUT2D eigenvalue weighted by atomic mass is 10.2. The Bertz CT molecular complexity index is 818. The Balaban J connectivity index is 2.55. The molecule has 0 bridgehead atoms. The molecule has 0 saturated carbocycles. The predicted octanol–water partition coefficient (Wildman–Crippen LogP) is 0.357. The molecule has 1 aromatic carbocycles. The van der Waals surface area contributed by atoms with Gasteiger partial charge in [0.1, 0.15) is 5.52 Å². The van der Waals surface area contributed by atoms with E-state index in [9.17, 15) is 9.59 Å². The first-order valence-corrected chi connectivity index (χ1v) is 5.16. The highest BCUT2D eigenvalue weighted by Gasteiger charge is 2.18. The van der Waals surface area contributed by atoms with Crippen molar-refractivity contribution in [2.75, 3.05) is 7.11 Å². The summed E-state index contributed by atoms with van der Waals surface area (Å²) in [6.45, 7) is 0. The maximum Gasteiger partial charge on any atom is 0.368 e. The van der Waals surface area contributed by atoms with E-state index in [2.05, 4.69) is 20.0 Å². The molecule has 18 heavy (non-hydrogen) atoms. The van der Waals surface area contributed by atoms with Gasteiger partial charge in [-0.3, -0.25) is 0 Å². The fourth-order valence-corrected chi connectivity index (χ4v) is 1.86. The molecule has 7 nitrogen and oxygen atoms in total. The number of aromatic amines is 1. The molecular formula is C11H8N4O3. The third kappa shape index (κ3) is 1.30. The summed E-state index contributed by atoms with van der Waals surface area (Å²) in [4.78, 5) is 27.2. The van der Waals surface area contributed by atoms with Crippen LogP contribution >= 0.6 is 0 Å². The summed E-state index contributed by atoms with van der Waals surface area (Å²) >= 11 is 0. The van der Waals surface area contributed by atoms with Crippen molar-refractivity contribution in [1.29, 1.82) is 0 Å². The third-order valence-corrected chi connectivity index (χ3v) is 2.66. The van der Waals surface area contributed by atoms with Crippen molar-refractivity contribution in [3.63, 3.8) is 0 Å². The summed E-state index contributed by atoms with van der Waals surface area (Å²) in [7, 11) is 1.26. The van der Waals surface area contributed by atoms with Gasteiger partial charge in [-0.15, -0.1) is 5.10 Å². The summed E-state index contributed by atoms with van der Waals surface area (Å²) in [5.74, 6) is -0.607. The maximum absolute atomic E-state index is 11.7. The fourth-order valence-electron chi connectivity index (χ4n) is 1.86. The zero-order valence-electron chi connectivity index (χ0n) is 9.38. The van der Waals surface area contributed by atoms with Crippen molar-refractivity contribution in [3.05, 3.63) is 40.4 Å². The molecule has 3 aromatic rings. The van der Waals surface area contributed by atoms with Crippen LogP contribution in [0.4, 0.5) is 0 Å². The topological polar surface area (TPSA) is 89.4 Å². The minimum Gasteiger partial charge on any atom is -0.464 e. The lowest BCUT2D eigenvalue weighted by Crippen LogP contribution is -2.17. The Morgan fingerprint density at radius 2 is 2.17 bits per heavy atom. The Hall–Kier alpha value is -2.70. The Kier molecular flexibility index (Phi) is 2.12. The first kappa shape index (κ1) is 10.5. The van der Waals surface area contributed by atoms with Crippen LogP contribution in [0.3, 0.4) is 0 Å². The van der Waals surface area contributed by atoms with Gasteiger partial charge in [-0.1, -0.05) is 18.2 Å². The summed E-state index contributed by atoms with van der Waals surface area (Å²) < 4.78 is 5.75. The van der Waals surface area contributed by atoms with E-state index in [1.165, 1.54) is 7.11 Å². The number of methoxy groups -OCH3 is 1. The number of aromatic nitrogens is 4. The van der Waals surface area contributed by atoms with Gasteiger partial charge >= 0.3 is 11.7 Å². The van der Waals surface area contributed by atoms with Crippen molar-refractivity contribution in [2.24, 2.45) is 0 Å². The number of ether oxygens (including phenoxy) is 1. The van der Waals surface area contributed by atoms with Gasteiger partial charge in [-0.2, -0.15) is 9.50 Å². The molecule has 2 aromatic heterocycles. The van der Waals surface area contributed by atoms with E-state index in [1.807, 2.05) is 0 Å². The van der Waals surface area contributed by atoms with E-state index in [-0.39, 0.29) is 5.69 Å². The maximum atomic E-state index is 11.7.